The van der Waals surface area contributed by atoms with Gasteiger partial charge in [-0.3, -0.25) is 4.99 Å². The Morgan fingerprint density at radius 2 is 1.83 bits per heavy atom. The lowest BCUT2D eigenvalue weighted by Crippen LogP contribution is -2.22. The van der Waals surface area contributed by atoms with E-state index in [9.17, 15) is 13.2 Å². The molecule has 0 heterocycles. The first kappa shape index (κ1) is 21.6. The maximum atomic E-state index is 12.0. The number of benzene rings is 1. The van der Waals surface area contributed by atoms with Crippen molar-refractivity contribution in [3.8, 4) is 11.5 Å². The summed E-state index contributed by atoms with van der Waals surface area (Å²) in [6.45, 7) is 0.238. The Morgan fingerprint density at radius 1 is 1.17 bits per heavy atom. The molecule has 1 aromatic carbocycles. The number of nitrogens with zero attached hydrogens (tertiary/aromatic N) is 1. The van der Waals surface area contributed by atoms with E-state index in [-0.39, 0.29) is 42.9 Å². The molecule has 1 aromatic rings. The minimum Gasteiger partial charge on any atom is -0.493 e. The second-order valence-corrected chi connectivity index (χ2v) is 4.53. The van der Waals surface area contributed by atoms with E-state index < -0.39 is 12.6 Å². The predicted octanol–water partition coefficient (Wildman–Crippen LogP) is 3.78. The van der Waals surface area contributed by atoms with Crippen LogP contribution in [-0.2, 0) is 0 Å². The van der Waals surface area contributed by atoms with Crippen LogP contribution in [0.25, 0.3) is 0 Å². The molecule has 0 unspecified atom stereocenters. The van der Waals surface area contributed by atoms with Crippen LogP contribution in [0.5, 0.6) is 11.5 Å². The lowest BCUT2D eigenvalue weighted by atomic mass is 10.2. The van der Waals surface area contributed by atoms with Gasteiger partial charge in [0.15, 0.2) is 17.5 Å². The van der Waals surface area contributed by atoms with Gasteiger partial charge in [-0.05, 0) is 25.0 Å². The standard InChI is InChI=1S/C14H20F3N3O2.HI/c1-21-11-6-5-10(9-12(11)22-2)20-13(18)19-8-4-3-7-14(15,16)17;/h5-6,9H,3-4,7-8H2,1-2H3,(H3,18,19,20);1H. The maximum absolute atomic E-state index is 12.0. The van der Waals surface area contributed by atoms with Gasteiger partial charge in [0.25, 0.3) is 0 Å². The zero-order valence-electron chi connectivity index (χ0n) is 12.9. The van der Waals surface area contributed by atoms with Crippen LogP contribution in [0, 0.1) is 0 Å². The van der Waals surface area contributed by atoms with Gasteiger partial charge in [0.1, 0.15) is 0 Å². The van der Waals surface area contributed by atoms with Crippen LogP contribution in [0.15, 0.2) is 23.2 Å². The number of nitrogens with two attached hydrogens (primary N) is 1. The first-order valence-corrected chi connectivity index (χ1v) is 6.71. The number of alkyl halides is 3. The number of anilines is 1. The van der Waals surface area contributed by atoms with Gasteiger partial charge in [0, 0.05) is 24.7 Å². The summed E-state index contributed by atoms with van der Waals surface area (Å²) < 4.78 is 46.2. The Morgan fingerprint density at radius 3 is 2.39 bits per heavy atom. The van der Waals surface area contributed by atoms with Crippen molar-refractivity contribution in [1.29, 1.82) is 0 Å². The van der Waals surface area contributed by atoms with Crippen molar-refractivity contribution in [2.75, 3.05) is 26.1 Å². The topological polar surface area (TPSA) is 68.9 Å². The third-order valence-electron chi connectivity index (χ3n) is 2.81. The molecule has 1 rings (SSSR count). The fourth-order valence-corrected chi connectivity index (χ4v) is 1.74. The largest absolute Gasteiger partial charge is 0.493 e. The Labute approximate surface area is 150 Å². The molecule has 0 aromatic heterocycles. The molecule has 23 heavy (non-hydrogen) atoms. The minimum absolute atomic E-state index is 0. The molecular formula is C14H21F3IN3O2. The highest BCUT2D eigenvalue weighted by Gasteiger charge is 2.25. The van der Waals surface area contributed by atoms with Crippen LogP contribution >= 0.6 is 24.0 Å². The monoisotopic (exact) mass is 447 g/mol. The lowest BCUT2D eigenvalue weighted by Gasteiger charge is -2.11. The molecule has 0 aliphatic rings. The number of nitrogens with one attached hydrogen (secondary N) is 1. The summed E-state index contributed by atoms with van der Waals surface area (Å²) in [6, 6.07) is 5.12. The van der Waals surface area contributed by atoms with E-state index in [0.717, 1.165) is 0 Å². The predicted molar refractivity (Wildman–Crippen MR) is 95.0 cm³/mol. The molecule has 0 saturated carbocycles. The molecule has 0 fully saturated rings. The van der Waals surface area contributed by atoms with Crippen LogP contribution in [0.3, 0.4) is 0 Å². The maximum Gasteiger partial charge on any atom is 0.389 e. The molecule has 0 radical (unpaired) electrons. The fraction of sp³-hybridized carbons (Fsp3) is 0.500. The van der Waals surface area contributed by atoms with Crippen LogP contribution in [-0.4, -0.2) is 32.9 Å². The SMILES string of the molecule is COc1ccc(NC(N)=NCCCCC(F)(F)F)cc1OC.I. The number of hydrogen-bond acceptors (Lipinski definition) is 3. The third kappa shape index (κ3) is 8.72. The highest BCUT2D eigenvalue weighted by atomic mass is 127. The summed E-state index contributed by atoms with van der Waals surface area (Å²) in [5.74, 6) is 1.25. The number of rotatable bonds is 7. The summed E-state index contributed by atoms with van der Waals surface area (Å²) in [7, 11) is 3.04. The van der Waals surface area contributed by atoms with Crippen LogP contribution in [0.2, 0.25) is 0 Å². The van der Waals surface area contributed by atoms with Gasteiger partial charge in [-0.2, -0.15) is 13.2 Å². The van der Waals surface area contributed by atoms with Gasteiger partial charge in [0.2, 0.25) is 0 Å². The van der Waals surface area contributed by atoms with Gasteiger partial charge < -0.3 is 20.5 Å². The number of aliphatic imine (C=N–C) groups is 1. The summed E-state index contributed by atoms with van der Waals surface area (Å²) in [5, 5.41) is 2.85. The second kappa shape index (κ2) is 10.4. The zero-order valence-corrected chi connectivity index (χ0v) is 15.3. The van der Waals surface area contributed by atoms with Crippen molar-refractivity contribution in [3.63, 3.8) is 0 Å². The number of hydrogen-bond donors (Lipinski definition) is 2. The van der Waals surface area contributed by atoms with E-state index in [4.69, 9.17) is 15.2 Å². The van der Waals surface area contributed by atoms with Gasteiger partial charge >= 0.3 is 6.18 Å². The van der Waals surface area contributed by atoms with Crippen molar-refractivity contribution in [3.05, 3.63) is 18.2 Å². The van der Waals surface area contributed by atoms with E-state index in [0.29, 0.717) is 23.6 Å². The molecule has 0 aliphatic carbocycles. The average Bonchev–Trinajstić information content (AvgIpc) is 2.45. The average molecular weight is 447 g/mol. The molecule has 0 spiro atoms. The molecule has 0 saturated heterocycles. The number of methoxy groups -OCH3 is 2. The smallest absolute Gasteiger partial charge is 0.389 e. The van der Waals surface area contributed by atoms with Crippen molar-refractivity contribution >= 4 is 35.6 Å². The molecule has 0 atom stereocenters. The highest BCUT2D eigenvalue weighted by Crippen LogP contribution is 2.29. The van der Waals surface area contributed by atoms with Crippen molar-refractivity contribution < 1.29 is 22.6 Å². The van der Waals surface area contributed by atoms with E-state index in [1.54, 1.807) is 18.2 Å². The van der Waals surface area contributed by atoms with E-state index >= 15 is 0 Å². The lowest BCUT2D eigenvalue weighted by molar-refractivity contribution is -0.135. The molecular weight excluding hydrogens is 426 g/mol. The van der Waals surface area contributed by atoms with Gasteiger partial charge in [-0.25, -0.2) is 0 Å². The molecule has 0 bridgehead atoms. The molecule has 3 N–H and O–H groups in total. The fourth-order valence-electron chi connectivity index (χ4n) is 1.74. The zero-order chi connectivity index (χ0) is 16.6. The number of ether oxygens (including phenoxy) is 2. The normalized spacial score (nSPS) is 11.6. The van der Waals surface area contributed by atoms with Gasteiger partial charge in [0.05, 0.1) is 14.2 Å². The number of unbranched alkanes of at least 4 members (excludes halogenated alkanes) is 1. The quantitative estimate of drug-likeness (QED) is 0.289. The van der Waals surface area contributed by atoms with Gasteiger partial charge in [-0.15, -0.1) is 24.0 Å². The van der Waals surface area contributed by atoms with Crippen LogP contribution in [0.4, 0.5) is 18.9 Å². The molecule has 132 valence electrons. The van der Waals surface area contributed by atoms with Crippen LogP contribution in [0.1, 0.15) is 19.3 Å². The van der Waals surface area contributed by atoms with Crippen molar-refractivity contribution in [2.45, 2.75) is 25.4 Å². The van der Waals surface area contributed by atoms with Crippen LogP contribution < -0.4 is 20.5 Å². The second-order valence-electron chi connectivity index (χ2n) is 4.53. The summed E-state index contributed by atoms with van der Waals surface area (Å²) in [4.78, 5) is 3.98. The Bertz CT molecular complexity index is 511. The summed E-state index contributed by atoms with van der Waals surface area (Å²) in [5.41, 5.74) is 6.33. The molecule has 0 amide bonds. The minimum atomic E-state index is -4.12. The Hall–Kier alpha value is -1.39. The van der Waals surface area contributed by atoms with Gasteiger partial charge in [-0.1, -0.05) is 0 Å². The Kier molecular flexibility index (Phi) is 9.77. The molecule has 5 nitrogen and oxygen atoms in total. The van der Waals surface area contributed by atoms with E-state index in [2.05, 4.69) is 10.3 Å². The number of guanidine groups is 1. The summed E-state index contributed by atoms with van der Waals surface area (Å²) >= 11 is 0. The highest BCUT2D eigenvalue weighted by molar-refractivity contribution is 14.0. The third-order valence-corrected chi connectivity index (χ3v) is 2.81. The van der Waals surface area contributed by atoms with Crippen molar-refractivity contribution in [1.82, 2.24) is 0 Å². The van der Waals surface area contributed by atoms with E-state index in [1.807, 2.05) is 0 Å². The first-order chi connectivity index (χ1) is 10.4. The summed E-state index contributed by atoms with van der Waals surface area (Å²) in [6.07, 6.45) is -4.55. The first-order valence-electron chi connectivity index (χ1n) is 6.71. The molecule has 9 heteroatoms. The Balaban J connectivity index is 0.00000484. The molecule has 0 aliphatic heterocycles. The van der Waals surface area contributed by atoms with E-state index in [1.165, 1.54) is 14.2 Å². The number of halogens is 4. The van der Waals surface area contributed by atoms with Crippen molar-refractivity contribution in [2.24, 2.45) is 10.7 Å².